The van der Waals surface area contributed by atoms with Gasteiger partial charge in [-0.1, -0.05) is 51.5 Å². The van der Waals surface area contributed by atoms with Gasteiger partial charge in [-0.2, -0.15) is 0 Å². The van der Waals surface area contributed by atoms with Crippen molar-refractivity contribution in [1.82, 2.24) is 4.98 Å². The zero-order valence-corrected chi connectivity index (χ0v) is 10.8. The molecule has 0 aliphatic carbocycles. The SMILES string of the molecule is CCCCCCCCCc1cccc(C)n1. The Kier molecular flexibility index (Phi) is 6.87. The lowest BCUT2D eigenvalue weighted by molar-refractivity contribution is 0.587. The molecule has 0 atom stereocenters. The third-order valence-electron chi connectivity index (χ3n) is 2.98. The molecule has 0 spiro atoms. The highest BCUT2D eigenvalue weighted by atomic mass is 14.7. The molecule has 1 aromatic heterocycles. The zero-order chi connectivity index (χ0) is 11.6. The van der Waals surface area contributed by atoms with Gasteiger partial charge >= 0.3 is 0 Å². The van der Waals surface area contributed by atoms with Crippen molar-refractivity contribution in [3.8, 4) is 0 Å². The van der Waals surface area contributed by atoms with E-state index in [0.29, 0.717) is 0 Å². The van der Waals surface area contributed by atoms with Gasteiger partial charge in [0.05, 0.1) is 0 Å². The summed E-state index contributed by atoms with van der Waals surface area (Å²) in [7, 11) is 0. The second kappa shape index (κ2) is 8.32. The van der Waals surface area contributed by atoms with E-state index in [-0.39, 0.29) is 0 Å². The maximum absolute atomic E-state index is 4.52. The van der Waals surface area contributed by atoms with Crippen LogP contribution < -0.4 is 0 Å². The number of hydrogen-bond acceptors (Lipinski definition) is 1. The van der Waals surface area contributed by atoms with Crippen LogP contribution in [0.25, 0.3) is 0 Å². The van der Waals surface area contributed by atoms with E-state index >= 15 is 0 Å². The summed E-state index contributed by atoms with van der Waals surface area (Å²) >= 11 is 0. The number of nitrogens with zero attached hydrogens (tertiary/aromatic N) is 1. The first-order valence-corrected chi connectivity index (χ1v) is 6.75. The van der Waals surface area contributed by atoms with Crippen molar-refractivity contribution < 1.29 is 0 Å². The van der Waals surface area contributed by atoms with Crippen molar-refractivity contribution in [2.45, 2.75) is 65.2 Å². The van der Waals surface area contributed by atoms with Crippen LogP contribution in [0.1, 0.15) is 63.3 Å². The second-order valence-electron chi connectivity index (χ2n) is 4.64. The Hall–Kier alpha value is -0.850. The van der Waals surface area contributed by atoms with Crippen molar-refractivity contribution in [1.29, 1.82) is 0 Å². The summed E-state index contributed by atoms with van der Waals surface area (Å²) in [6.07, 6.45) is 10.8. The minimum atomic E-state index is 1.14. The molecule has 0 amide bonds. The van der Waals surface area contributed by atoms with Gasteiger partial charge in [-0.3, -0.25) is 4.98 Å². The Labute approximate surface area is 100 Å². The maximum Gasteiger partial charge on any atom is 0.0406 e. The topological polar surface area (TPSA) is 12.9 Å². The molecule has 0 saturated carbocycles. The van der Waals surface area contributed by atoms with Crippen molar-refractivity contribution in [2.24, 2.45) is 0 Å². The predicted octanol–water partition coefficient (Wildman–Crippen LogP) is 4.68. The lowest BCUT2D eigenvalue weighted by Gasteiger charge is -2.02. The van der Waals surface area contributed by atoms with E-state index < -0.39 is 0 Å². The highest BCUT2D eigenvalue weighted by Gasteiger charge is 1.95. The lowest BCUT2D eigenvalue weighted by atomic mass is 10.1. The average Bonchev–Trinajstić information content (AvgIpc) is 2.28. The highest BCUT2D eigenvalue weighted by Crippen LogP contribution is 2.09. The standard InChI is InChI=1S/C15H25N/c1-3-4-5-6-7-8-9-12-15-13-10-11-14(2)16-15/h10-11,13H,3-9,12H2,1-2H3. The Balaban J connectivity index is 2.03. The highest BCUT2D eigenvalue weighted by molar-refractivity contribution is 5.09. The lowest BCUT2D eigenvalue weighted by Crippen LogP contribution is -1.92. The van der Waals surface area contributed by atoms with Gasteiger partial charge in [-0.15, -0.1) is 0 Å². The molecular formula is C15H25N. The molecule has 0 radical (unpaired) electrons. The first-order chi connectivity index (χ1) is 7.83. The predicted molar refractivity (Wildman–Crippen MR) is 70.7 cm³/mol. The van der Waals surface area contributed by atoms with Crippen LogP contribution in [0.15, 0.2) is 18.2 Å². The van der Waals surface area contributed by atoms with E-state index in [2.05, 4.69) is 37.0 Å². The molecule has 0 bridgehead atoms. The monoisotopic (exact) mass is 219 g/mol. The molecule has 0 aromatic carbocycles. The quantitative estimate of drug-likeness (QED) is 0.578. The third kappa shape index (κ3) is 5.89. The molecule has 1 heteroatoms. The van der Waals surface area contributed by atoms with Gasteiger partial charge < -0.3 is 0 Å². The van der Waals surface area contributed by atoms with Crippen LogP contribution in [0.3, 0.4) is 0 Å². The molecule has 0 unspecified atom stereocenters. The van der Waals surface area contributed by atoms with Crippen LogP contribution in [0, 0.1) is 6.92 Å². The van der Waals surface area contributed by atoms with Gasteiger partial charge in [0.2, 0.25) is 0 Å². The van der Waals surface area contributed by atoms with E-state index in [4.69, 9.17) is 0 Å². The van der Waals surface area contributed by atoms with E-state index in [1.807, 2.05) is 0 Å². The fourth-order valence-corrected chi connectivity index (χ4v) is 2.00. The molecule has 16 heavy (non-hydrogen) atoms. The van der Waals surface area contributed by atoms with Gasteiger partial charge in [0, 0.05) is 11.4 Å². The van der Waals surface area contributed by atoms with Crippen LogP contribution in [0.2, 0.25) is 0 Å². The van der Waals surface area contributed by atoms with Gasteiger partial charge in [0.25, 0.3) is 0 Å². The van der Waals surface area contributed by atoms with Crippen molar-refractivity contribution >= 4 is 0 Å². The fourth-order valence-electron chi connectivity index (χ4n) is 2.00. The first kappa shape index (κ1) is 13.2. The van der Waals surface area contributed by atoms with Crippen LogP contribution in [-0.4, -0.2) is 4.98 Å². The summed E-state index contributed by atoms with van der Waals surface area (Å²) in [4.78, 5) is 4.52. The number of rotatable bonds is 8. The van der Waals surface area contributed by atoms with E-state index in [9.17, 15) is 0 Å². The third-order valence-corrected chi connectivity index (χ3v) is 2.98. The molecule has 0 N–H and O–H groups in total. The first-order valence-electron chi connectivity index (χ1n) is 6.75. The smallest absolute Gasteiger partial charge is 0.0406 e. The maximum atomic E-state index is 4.52. The Bertz CT molecular complexity index is 281. The molecule has 0 aliphatic rings. The molecule has 1 heterocycles. The summed E-state index contributed by atoms with van der Waals surface area (Å²) in [5, 5.41) is 0. The van der Waals surface area contributed by atoms with E-state index in [1.54, 1.807) is 0 Å². The molecule has 90 valence electrons. The molecular weight excluding hydrogens is 194 g/mol. The molecule has 1 rings (SSSR count). The number of aryl methyl sites for hydroxylation is 2. The molecule has 1 aromatic rings. The van der Waals surface area contributed by atoms with Crippen LogP contribution >= 0.6 is 0 Å². The van der Waals surface area contributed by atoms with Crippen molar-refractivity contribution in [3.05, 3.63) is 29.6 Å². The molecule has 0 saturated heterocycles. The number of unbranched alkanes of at least 4 members (excludes halogenated alkanes) is 6. The minimum absolute atomic E-state index is 1.14. The normalized spacial score (nSPS) is 10.6. The van der Waals surface area contributed by atoms with Crippen LogP contribution in [-0.2, 0) is 6.42 Å². The number of pyridine rings is 1. The largest absolute Gasteiger partial charge is 0.258 e. The van der Waals surface area contributed by atoms with E-state index in [1.165, 1.54) is 50.6 Å². The molecule has 0 aliphatic heterocycles. The van der Waals surface area contributed by atoms with Gasteiger partial charge in [-0.25, -0.2) is 0 Å². The van der Waals surface area contributed by atoms with E-state index in [0.717, 1.165) is 12.1 Å². The molecule has 0 fully saturated rings. The van der Waals surface area contributed by atoms with Gasteiger partial charge in [-0.05, 0) is 31.9 Å². The van der Waals surface area contributed by atoms with Crippen LogP contribution in [0.5, 0.6) is 0 Å². The Morgan fingerprint density at radius 2 is 1.62 bits per heavy atom. The minimum Gasteiger partial charge on any atom is -0.258 e. The van der Waals surface area contributed by atoms with Crippen molar-refractivity contribution in [3.63, 3.8) is 0 Å². The van der Waals surface area contributed by atoms with Crippen molar-refractivity contribution in [2.75, 3.05) is 0 Å². The second-order valence-corrected chi connectivity index (χ2v) is 4.64. The van der Waals surface area contributed by atoms with Gasteiger partial charge in [0.1, 0.15) is 0 Å². The molecule has 1 nitrogen and oxygen atoms in total. The summed E-state index contributed by atoms with van der Waals surface area (Å²) < 4.78 is 0. The number of hydrogen-bond donors (Lipinski definition) is 0. The summed E-state index contributed by atoms with van der Waals surface area (Å²) in [6.45, 7) is 4.33. The zero-order valence-electron chi connectivity index (χ0n) is 10.8. The summed E-state index contributed by atoms with van der Waals surface area (Å²) in [5.41, 5.74) is 2.40. The summed E-state index contributed by atoms with van der Waals surface area (Å²) in [5.74, 6) is 0. The Morgan fingerprint density at radius 3 is 2.31 bits per heavy atom. The average molecular weight is 219 g/mol. The summed E-state index contributed by atoms with van der Waals surface area (Å²) in [6, 6.07) is 6.32. The van der Waals surface area contributed by atoms with Gasteiger partial charge in [0.15, 0.2) is 0 Å². The fraction of sp³-hybridized carbons (Fsp3) is 0.667. The number of aromatic nitrogens is 1. The Morgan fingerprint density at radius 1 is 0.938 bits per heavy atom. The van der Waals surface area contributed by atoms with Crippen LogP contribution in [0.4, 0.5) is 0 Å².